The molecule has 0 amide bonds. The van der Waals surface area contributed by atoms with Gasteiger partial charge < -0.3 is 0 Å². The largest absolute Gasteiger partial charge is 0.294 e. The predicted octanol–water partition coefficient (Wildman–Crippen LogP) is 6.04. The molecule has 0 spiro atoms. The summed E-state index contributed by atoms with van der Waals surface area (Å²) in [5.41, 5.74) is 0.848. The molecular formula is C19H21ClO. The van der Waals surface area contributed by atoms with Crippen LogP contribution in [0.15, 0.2) is 36.4 Å². The molecule has 0 aliphatic heterocycles. The maximum atomic E-state index is 12.9. The van der Waals surface area contributed by atoms with Crippen molar-refractivity contribution in [2.75, 3.05) is 0 Å². The molecule has 1 nitrogen and oxygen atoms in total. The number of hydrogen-bond donors (Lipinski definition) is 0. The Labute approximate surface area is 131 Å². The fourth-order valence-corrected chi connectivity index (χ4v) is 3.64. The van der Waals surface area contributed by atoms with Crippen LogP contribution in [0.3, 0.4) is 0 Å². The summed E-state index contributed by atoms with van der Waals surface area (Å²) in [7, 11) is 0. The van der Waals surface area contributed by atoms with E-state index in [2.05, 4.69) is 0 Å². The van der Waals surface area contributed by atoms with Crippen LogP contribution in [-0.4, -0.2) is 5.78 Å². The molecule has 1 aliphatic rings. The smallest absolute Gasteiger partial charge is 0.166 e. The Balaban J connectivity index is 1.95. The molecule has 0 bridgehead atoms. The second-order valence-electron chi connectivity index (χ2n) is 6.05. The third-order valence-corrected chi connectivity index (χ3v) is 4.94. The number of carbonyl (C=O) groups excluding carboxylic acids is 1. The van der Waals surface area contributed by atoms with Crippen LogP contribution in [0.5, 0.6) is 0 Å². The molecule has 0 N–H and O–H groups in total. The Bertz CT molecular complexity index is 639. The van der Waals surface area contributed by atoms with Crippen LogP contribution in [0.1, 0.15) is 55.3 Å². The first-order valence-corrected chi connectivity index (χ1v) is 8.36. The average Bonchev–Trinajstić information content (AvgIpc) is 2.47. The van der Waals surface area contributed by atoms with Gasteiger partial charge in [0.1, 0.15) is 0 Å². The lowest BCUT2D eigenvalue weighted by molar-refractivity contribution is 0.0900. The van der Waals surface area contributed by atoms with Gasteiger partial charge in [0.2, 0.25) is 0 Å². The van der Waals surface area contributed by atoms with Gasteiger partial charge in [0.25, 0.3) is 0 Å². The number of ketones is 1. The van der Waals surface area contributed by atoms with Crippen LogP contribution >= 0.6 is 11.6 Å². The normalized spacial score (nSPS) is 17.4. The fourth-order valence-electron chi connectivity index (χ4n) is 3.42. The Hall–Kier alpha value is -1.34. The highest BCUT2D eigenvalue weighted by atomic mass is 35.5. The summed E-state index contributed by atoms with van der Waals surface area (Å²) < 4.78 is 0. The molecule has 110 valence electrons. The first-order valence-electron chi connectivity index (χ1n) is 7.99. The van der Waals surface area contributed by atoms with Crippen molar-refractivity contribution in [2.45, 2.75) is 44.9 Å². The molecule has 3 rings (SSSR count). The van der Waals surface area contributed by atoms with E-state index in [0.717, 1.165) is 34.2 Å². The third-order valence-electron chi connectivity index (χ3n) is 4.61. The van der Waals surface area contributed by atoms with E-state index >= 15 is 0 Å². The third kappa shape index (κ3) is 3.13. The van der Waals surface area contributed by atoms with E-state index in [-0.39, 0.29) is 5.92 Å². The molecule has 2 aromatic rings. The second kappa shape index (κ2) is 6.62. The lowest BCUT2D eigenvalue weighted by atomic mass is 9.84. The highest BCUT2D eigenvalue weighted by molar-refractivity contribution is 6.36. The number of carbonyl (C=O) groups is 1. The number of benzene rings is 2. The van der Waals surface area contributed by atoms with Gasteiger partial charge in [-0.2, -0.15) is 0 Å². The van der Waals surface area contributed by atoms with Gasteiger partial charge in [0, 0.05) is 21.9 Å². The lowest BCUT2D eigenvalue weighted by Gasteiger charge is -2.19. The summed E-state index contributed by atoms with van der Waals surface area (Å²) in [6.07, 6.45) is 8.30. The molecule has 0 atom stereocenters. The molecule has 2 aromatic carbocycles. The first kappa shape index (κ1) is 14.6. The van der Waals surface area contributed by atoms with E-state index in [1.165, 1.54) is 32.1 Å². The standard InChI is InChI=1S/C19H21ClO/c20-18-13-12-17(15-10-6-7-11-16(15)18)19(21)14-8-4-2-1-3-5-9-14/h6-7,10-14H,1-5,8-9H2. The quantitative estimate of drug-likeness (QED) is 0.618. The van der Waals surface area contributed by atoms with Crippen molar-refractivity contribution in [1.82, 2.24) is 0 Å². The highest BCUT2D eigenvalue weighted by Crippen LogP contribution is 2.31. The van der Waals surface area contributed by atoms with Gasteiger partial charge in [-0.25, -0.2) is 0 Å². The van der Waals surface area contributed by atoms with Crippen molar-refractivity contribution >= 4 is 28.2 Å². The first-order chi connectivity index (χ1) is 10.3. The molecule has 21 heavy (non-hydrogen) atoms. The molecule has 0 aromatic heterocycles. The SMILES string of the molecule is O=C(c1ccc(Cl)c2ccccc12)C1CCCCCCC1. The summed E-state index contributed by atoms with van der Waals surface area (Å²) in [6, 6.07) is 11.7. The van der Waals surface area contributed by atoms with Crippen molar-refractivity contribution in [3.05, 3.63) is 47.0 Å². The van der Waals surface area contributed by atoms with E-state index in [0.29, 0.717) is 5.78 Å². The summed E-state index contributed by atoms with van der Waals surface area (Å²) in [6.45, 7) is 0. The monoisotopic (exact) mass is 300 g/mol. The van der Waals surface area contributed by atoms with E-state index in [9.17, 15) is 4.79 Å². The second-order valence-corrected chi connectivity index (χ2v) is 6.45. The zero-order chi connectivity index (χ0) is 14.7. The van der Waals surface area contributed by atoms with Crippen molar-refractivity contribution in [3.63, 3.8) is 0 Å². The number of halogens is 1. The van der Waals surface area contributed by atoms with Crippen molar-refractivity contribution in [1.29, 1.82) is 0 Å². The van der Waals surface area contributed by atoms with Crippen LogP contribution in [0.4, 0.5) is 0 Å². The van der Waals surface area contributed by atoms with Crippen molar-refractivity contribution < 1.29 is 4.79 Å². The van der Waals surface area contributed by atoms with E-state index in [1.807, 2.05) is 36.4 Å². The van der Waals surface area contributed by atoms with Gasteiger partial charge in [0.05, 0.1) is 0 Å². The zero-order valence-electron chi connectivity index (χ0n) is 12.3. The predicted molar refractivity (Wildman–Crippen MR) is 89.1 cm³/mol. The Morgan fingerprint density at radius 2 is 1.48 bits per heavy atom. The van der Waals surface area contributed by atoms with Gasteiger partial charge in [0.15, 0.2) is 5.78 Å². The molecule has 0 heterocycles. The summed E-state index contributed by atoms with van der Waals surface area (Å²) >= 11 is 6.26. The maximum Gasteiger partial charge on any atom is 0.166 e. The van der Waals surface area contributed by atoms with E-state index in [4.69, 9.17) is 11.6 Å². The Morgan fingerprint density at radius 3 is 2.19 bits per heavy atom. The molecule has 1 fully saturated rings. The van der Waals surface area contributed by atoms with Gasteiger partial charge in [-0.3, -0.25) is 4.79 Å². The van der Waals surface area contributed by atoms with Gasteiger partial charge in [-0.15, -0.1) is 0 Å². The number of rotatable bonds is 2. The maximum absolute atomic E-state index is 12.9. The van der Waals surface area contributed by atoms with Crippen LogP contribution in [0.25, 0.3) is 10.8 Å². The van der Waals surface area contributed by atoms with Crippen molar-refractivity contribution in [2.24, 2.45) is 5.92 Å². The minimum atomic E-state index is 0.190. The lowest BCUT2D eigenvalue weighted by Crippen LogP contribution is -2.16. The van der Waals surface area contributed by atoms with Crippen LogP contribution in [-0.2, 0) is 0 Å². The Morgan fingerprint density at radius 1 is 0.857 bits per heavy atom. The van der Waals surface area contributed by atoms with Crippen LogP contribution in [0, 0.1) is 5.92 Å². The van der Waals surface area contributed by atoms with Crippen LogP contribution in [0.2, 0.25) is 5.02 Å². The highest BCUT2D eigenvalue weighted by Gasteiger charge is 2.22. The van der Waals surface area contributed by atoms with Gasteiger partial charge in [-0.1, -0.05) is 68.0 Å². The van der Waals surface area contributed by atoms with E-state index in [1.54, 1.807) is 0 Å². The molecule has 0 saturated heterocycles. The average molecular weight is 301 g/mol. The minimum absolute atomic E-state index is 0.190. The summed E-state index contributed by atoms with van der Waals surface area (Å²) in [5.74, 6) is 0.500. The molecule has 1 aliphatic carbocycles. The topological polar surface area (TPSA) is 17.1 Å². The summed E-state index contributed by atoms with van der Waals surface area (Å²) in [5, 5.41) is 2.70. The molecule has 2 heteroatoms. The molecule has 1 saturated carbocycles. The number of Topliss-reactive ketones (excluding diaryl/α,β-unsaturated/α-hetero) is 1. The van der Waals surface area contributed by atoms with Gasteiger partial charge in [-0.05, 0) is 30.4 Å². The number of fused-ring (bicyclic) bond motifs is 1. The minimum Gasteiger partial charge on any atom is -0.294 e. The Kier molecular flexibility index (Phi) is 4.60. The van der Waals surface area contributed by atoms with E-state index < -0.39 is 0 Å². The molecule has 0 unspecified atom stereocenters. The van der Waals surface area contributed by atoms with Crippen molar-refractivity contribution in [3.8, 4) is 0 Å². The summed E-state index contributed by atoms with van der Waals surface area (Å²) in [4.78, 5) is 12.9. The zero-order valence-corrected chi connectivity index (χ0v) is 13.0. The van der Waals surface area contributed by atoms with Crippen LogP contribution < -0.4 is 0 Å². The number of hydrogen-bond acceptors (Lipinski definition) is 1. The molecule has 0 radical (unpaired) electrons. The molecular weight excluding hydrogens is 280 g/mol. The fraction of sp³-hybridized carbons (Fsp3) is 0.421. The van der Waals surface area contributed by atoms with Gasteiger partial charge >= 0.3 is 0 Å².